The molecule has 0 unspecified atom stereocenters. The number of rotatable bonds is 7. The molecule has 0 bridgehead atoms. The van der Waals surface area contributed by atoms with Crippen molar-refractivity contribution in [3.63, 3.8) is 0 Å². The fraction of sp³-hybridized carbons (Fsp3) is 0.0952. The second-order valence-electron chi connectivity index (χ2n) is 6.20. The molecule has 3 aromatic carbocycles. The third-order valence-corrected chi connectivity index (χ3v) is 4.29. The zero-order valence-corrected chi connectivity index (χ0v) is 15.7. The van der Waals surface area contributed by atoms with E-state index in [2.05, 4.69) is 16.8 Å². The minimum atomic E-state index is -0.651. The Bertz CT molecular complexity index is 1170. The highest BCUT2D eigenvalue weighted by molar-refractivity contribution is 5.95. The van der Waals surface area contributed by atoms with E-state index in [9.17, 15) is 25.1 Å². The van der Waals surface area contributed by atoms with Gasteiger partial charge in [0.2, 0.25) is 0 Å². The molecule has 0 aliphatic carbocycles. The first kappa shape index (κ1) is 20.5. The lowest BCUT2D eigenvalue weighted by Gasteiger charge is -2.07. The number of carbonyl (C=O) groups is 1. The van der Waals surface area contributed by atoms with Crippen molar-refractivity contribution in [2.45, 2.75) is 6.42 Å². The second kappa shape index (κ2) is 8.82. The number of benzene rings is 3. The SMILES string of the molecule is C=CC(=O)OCCc1cc(N=Nc2c(O)ccc3ccccc23)c(O)cc1[N+](=O)[O-]. The maximum absolute atomic E-state index is 11.3. The van der Waals surface area contributed by atoms with Gasteiger partial charge in [0.25, 0.3) is 5.69 Å². The normalized spacial score (nSPS) is 10.9. The van der Waals surface area contributed by atoms with Crippen LogP contribution >= 0.6 is 0 Å². The van der Waals surface area contributed by atoms with Crippen LogP contribution in [0, 0.1) is 10.1 Å². The van der Waals surface area contributed by atoms with Gasteiger partial charge in [0.05, 0.1) is 17.6 Å². The molecule has 0 aliphatic heterocycles. The van der Waals surface area contributed by atoms with Gasteiger partial charge < -0.3 is 14.9 Å². The van der Waals surface area contributed by atoms with Crippen LogP contribution in [0.25, 0.3) is 10.8 Å². The van der Waals surface area contributed by atoms with Crippen LogP contribution < -0.4 is 0 Å². The van der Waals surface area contributed by atoms with Gasteiger partial charge in [0.1, 0.15) is 22.9 Å². The van der Waals surface area contributed by atoms with Gasteiger partial charge in [0.15, 0.2) is 0 Å². The molecule has 0 atom stereocenters. The summed E-state index contributed by atoms with van der Waals surface area (Å²) in [6.45, 7) is 3.16. The molecule has 0 fully saturated rings. The number of azo groups is 1. The molecule has 0 aromatic heterocycles. The first-order chi connectivity index (χ1) is 14.4. The number of nitrogens with zero attached hydrogens (tertiary/aromatic N) is 3. The Kier molecular flexibility index (Phi) is 6.02. The predicted octanol–water partition coefficient (Wildman–Crippen LogP) is 4.85. The number of hydrogen-bond acceptors (Lipinski definition) is 8. The Morgan fingerprint density at radius 3 is 2.63 bits per heavy atom. The van der Waals surface area contributed by atoms with Gasteiger partial charge in [-0.1, -0.05) is 36.9 Å². The number of aromatic hydroxyl groups is 2. The molecule has 0 aliphatic rings. The zero-order valence-electron chi connectivity index (χ0n) is 15.7. The predicted molar refractivity (Wildman–Crippen MR) is 109 cm³/mol. The van der Waals surface area contributed by atoms with Gasteiger partial charge in [-0.15, -0.1) is 10.2 Å². The Hall–Kier alpha value is -4.27. The fourth-order valence-corrected chi connectivity index (χ4v) is 2.83. The maximum Gasteiger partial charge on any atom is 0.330 e. The number of nitro benzene ring substituents is 1. The van der Waals surface area contributed by atoms with Gasteiger partial charge in [-0.3, -0.25) is 10.1 Å². The molecule has 9 nitrogen and oxygen atoms in total. The quantitative estimate of drug-likeness (QED) is 0.189. The maximum atomic E-state index is 11.3. The largest absolute Gasteiger partial charge is 0.506 e. The van der Waals surface area contributed by atoms with Crippen molar-refractivity contribution >= 4 is 33.8 Å². The van der Waals surface area contributed by atoms with Crippen LogP contribution in [0.5, 0.6) is 11.5 Å². The summed E-state index contributed by atoms with van der Waals surface area (Å²) in [7, 11) is 0. The van der Waals surface area contributed by atoms with Crippen molar-refractivity contribution in [1.82, 2.24) is 0 Å². The molecule has 0 spiro atoms. The van der Waals surface area contributed by atoms with Gasteiger partial charge in [-0.25, -0.2) is 4.79 Å². The monoisotopic (exact) mass is 407 g/mol. The van der Waals surface area contributed by atoms with E-state index in [1.165, 1.54) is 12.1 Å². The van der Waals surface area contributed by atoms with E-state index < -0.39 is 16.6 Å². The van der Waals surface area contributed by atoms with Crippen LogP contribution in [0.15, 0.2) is 71.4 Å². The summed E-state index contributed by atoms with van der Waals surface area (Å²) in [5, 5.41) is 41.1. The number of fused-ring (bicyclic) bond motifs is 1. The van der Waals surface area contributed by atoms with E-state index in [0.717, 1.165) is 17.5 Å². The van der Waals surface area contributed by atoms with Gasteiger partial charge in [-0.2, -0.15) is 0 Å². The summed E-state index contributed by atoms with van der Waals surface area (Å²) in [6.07, 6.45) is 1.01. The zero-order chi connectivity index (χ0) is 21.7. The number of hydrogen-bond donors (Lipinski definition) is 2. The lowest BCUT2D eigenvalue weighted by Crippen LogP contribution is -2.06. The summed E-state index contributed by atoms with van der Waals surface area (Å²) in [6, 6.07) is 12.7. The van der Waals surface area contributed by atoms with Gasteiger partial charge in [-0.05, 0) is 17.5 Å². The molecule has 0 heterocycles. The highest BCUT2D eigenvalue weighted by Gasteiger charge is 2.18. The molecule has 152 valence electrons. The molecule has 0 saturated carbocycles. The molecular weight excluding hydrogens is 390 g/mol. The molecule has 3 rings (SSSR count). The molecule has 30 heavy (non-hydrogen) atoms. The van der Waals surface area contributed by atoms with Crippen molar-refractivity contribution in [3.05, 3.63) is 76.9 Å². The van der Waals surface area contributed by atoms with Crippen LogP contribution in [-0.4, -0.2) is 27.7 Å². The second-order valence-corrected chi connectivity index (χ2v) is 6.20. The molecule has 0 amide bonds. The lowest BCUT2D eigenvalue weighted by atomic mass is 10.1. The van der Waals surface area contributed by atoms with E-state index in [-0.39, 0.29) is 41.4 Å². The third kappa shape index (κ3) is 4.41. The Balaban J connectivity index is 1.97. The fourth-order valence-electron chi connectivity index (χ4n) is 2.83. The Morgan fingerprint density at radius 1 is 1.13 bits per heavy atom. The highest BCUT2D eigenvalue weighted by Crippen LogP contribution is 2.39. The lowest BCUT2D eigenvalue weighted by molar-refractivity contribution is -0.385. The summed E-state index contributed by atoms with van der Waals surface area (Å²) < 4.78 is 4.86. The Labute approximate surface area is 170 Å². The van der Waals surface area contributed by atoms with Gasteiger partial charge >= 0.3 is 5.97 Å². The average molecular weight is 407 g/mol. The van der Waals surface area contributed by atoms with Crippen molar-refractivity contribution in [3.8, 4) is 11.5 Å². The van der Waals surface area contributed by atoms with Crippen LogP contribution in [0.1, 0.15) is 5.56 Å². The van der Waals surface area contributed by atoms with Crippen LogP contribution in [0.2, 0.25) is 0 Å². The highest BCUT2D eigenvalue weighted by atomic mass is 16.6. The molecular formula is C21H17N3O6. The molecule has 0 saturated heterocycles. The smallest absolute Gasteiger partial charge is 0.330 e. The molecule has 0 radical (unpaired) electrons. The van der Waals surface area contributed by atoms with E-state index in [1.807, 2.05) is 12.1 Å². The van der Waals surface area contributed by atoms with Crippen LogP contribution in [0.3, 0.4) is 0 Å². The van der Waals surface area contributed by atoms with Crippen molar-refractivity contribution < 1.29 is 24.7 Å². The summed E-state index contributed by atoms with van der Waals surface area (Å²) in [5.41, 5.74) is 0.0326. The minimum Gasteiger partial charge on any atom is -0.506 e. The molecule has 2 N–H and O–H groups in total. The van der Waals surface area contributed by atoms with E-state index in [4.69, 9.17) is 4.74 Å². The minimum absolute atomic E-state index is 0.0260. The standard InChI is InChI=1S/C21H17N3O6/c1-2-20(27)30-10-9-14-11-16(19(26)12-17(14)24(28)29)22-23-21-15-6-4-3-5-13(15)7-8-18(21)25/h2-8,11-12,25-26H,1,9-10H2. The number of nitro groups is 1. The summed E-state index contributed by atoms with van der Waals surface area (Å²) in [4.78, 5) is 21.8. The first-order valence-electron chi connectivity index (χ1n) is 8.82. The number of phenolic OH excluding ortho intramolecular Hbond substituents is 2. The third-order valence-electron chi connectivity index (χ3n) is 4.29. The topological polar surface area (TPSA) is 135 Å². The summed E-state index contributed by atoms with van der Waals surface area (Å²) in [5.74, 6) is -1.20. The van der Waals surface area contributed by atoms with Crippen LogP contribution in [0.4, 0.5) is 17.1 Å². The van der Waals surface area contributed by atoms with Crippen LogP contribution in [-0.2, 0) is 16.0 Å². The van der Waals surface area contributed by atoms with Crippen molar-refractivity contribution in [2.75, 3.05) is 6.61 Å². The molecule has 3 aromatic rings. The molecule has 9 heteroatoms. The van der Waals surface area contributed by atoms with Crippen molar-refractivity contribution in [1.29, 1.82) is 0 Å². The number of phenols is 2. The number of esters is 1. The van der Waals surface area contributed by atoms with E-state index in [0.29, 0.717) is 5.39 Å². The number of ether oxygens (including phenoxy) is 1. The average Bonchev–Trinajstić information content (AvgIpc) is 2.74. The Morgan fingerprint density at radius 2 is 1.90 bits per heavy atom. The summed E-state index contributed by atoms with van der Waals surface area (Å²) >= 11 is 0. The number of carbonyl (C=O) groups excluding carboxylic acids is 1. The first-order valence-corrected chi connectivity index (χ1v) is 8.82. The van der Waals surface area contributed by atoms with Crippen molar-refractivity contribution in [2.24, 2.45) is 10.2 Å². The van der Waals surface area contributed by atoms with E-state index in [1.54, 1.807) is 18.2 Å². The van der Waals surface area contributed by atoms with Gasteiger partial charge in [0, 0.05) is 23.4 Å². The van der Waals surface area contributed by atoms with E-state index >= 15 is 0 Å².